The van der Waals surface area contributed by atoms with Gasteiger partial charge < -0.3 is 14.7 Å². The molecule has 0 atom stereocenters. The van der Waals surface area contributed by atoms with Crippen molar-refractivity contribution in [1.29, 1.82) is 0 Å². The molecule has 22 heavy (non-hydrogen) atoms. The van der Waals surface area contributed by atoms with Gasteiger partial charge in [0.05, 0.1) is 5.69 Å². The number of carbonyl (C=O) groups excluding carboxylic acids is 2. The molecule has 2 amide bonds. The fourth-order valence-corrected chi connectivity index (χ4v) is 2.50. The molecule has 0 unspecified atom stereocenters. The summed E-state index contributed by atoms with van der Waals surface area (Å²) < 4.78 is 5.33. The summed E-state index contributed by atoms with van der Waals surface area (Å²) in [6.45, 7) is 5.27. The van der Waals surface area contributed by atoms with Gasteiger partial charge in [0.25, 0.3) is 5.91 Å². The van der Waals surface area contributed by atoms with E-state index < -0.39 is 0 Å². The maximum absolute atomic E-state index is 12.5. The molecule has 0 radical (unpaired) electrons. The van der Waals surface area contributed by atoms with Crippen molar-refractivity contribution in [3.05, 3.63) is 18.2 Å². The first kappa shape index (κ1) is 16.1. The first-order valence-corrected chi connectivity index (χ1v) is 7.60. The highest BCUT2D eigenvalue weighted by atomic mass is 16.5. The average Bonchev–Trinajstić information content (AvgIpc) is 2.50. The zero-order valence-electron chi connectivity index (χ0n) is 13.0. The molecule has 6 nitrogen and oxygen atoms in total. The number of phenolic OH excluding ortho intramolecular Hbond substituents is 1. The standard InChI is InChI=1S/C16H22N2O4/c1-3-7-17(8-4-2)15(20)10-18-13-9-12(19)5-6-14(13)22-11-16(18)21/h5-6,9,19H,3-4,7-8,10-11H2,1-2H3. The van der Waals surface area contributed by atoms with Crippen LogP contribution in [0.3, 0.4) is 0 Å². The summed E-state index contributed by atoms with van der Waals surface area (Å²) in [7, 11) is 0. The molecule has 6 heteroatoms. The van der Waals surface area contributed by atoms with Crippen molar-refractivity contribution in [1.82, 2.24) is 4.90 Å². The summed E-state index contributed by atoms with van der Waals surface area (Å²) in [5, 5.41) is 9.62. The van der Waals surface area contributed by atoms with E-state index in [-0.39, 0.29) is 30.7 Å². The number of fused-ring (bicyclic) bond motifs is 1. The van der Waals surface area contributed by atoms with Crippen molar-refractivity contribution in [2.24, 2.45) is 0 Å². The summed E-state index contributed by atoms with van der Waals surface area (Å²) in [6.07, 6.45) is 1.75. The SMILES string of the molecule is CCCN(CCC)C(=O)CN1C(=O)COc2ccc(O)cc21. The van der Waals surface area contributed by atoms with Gasteiger partial charge in [-0.2, -0.15) is 0 Å². The van der Waals surface area contributed by atoms with Crippen molar-refractivity contribution in [2.75, 3.05) is 31.1 Å². The normalized spacial score (nSPS) is 13.5. The maximum atomic E-state index is 12.5. The summed E-state index contributed by atoms with van der Waals surface area (Å²) in [6, 6.07) is 4.54. The van der Waals surface area contributed by atoms with E-state index in [0.717, 1.165) is 12.8 Å². The minimum Gasteiger partial charge on any atom is -0.508 e. The zero-order chi connectivity index (χ0) is 16.1. The van der Waals surface area contributed by atoms with E-state index in [1.165, 1.54) is 17.0 Å². The lowest BCUT2D eigenvalue weighted by molar-refractivity contribution is -0.132. The molecule has 0 bridgehead atoms. The second-order valence-electron chi connectivity index (χ2n) is 5.30. The fraction of sp³-hybridized carbons (Fsp3) is 0.500. The molecule has 0 spiro atoms. The molecule has 0 fully saturated rings. The lowest BCUT2D eigenvalue weighted by Gasteiger charge is -2.31. The van der Waals surface area contributed by atoms with Gasteiger partial charge in [0, 0.05) is 19.2 Å². The monoisotopic (exact) mass is 306 g/mol. The molecule has 2 rings (SSSR count). The average molecular weight is 306 g/mol. The Hall–Kier alpha value is -2.24. The predicted octanol–water partition coefficient (Wildman–Crippen LogP) is 1.77. The van der Waals surface area contributed by atoms with Gasteiger partial charge in [-0.1, -0.05) is 13.8 Å². The smallest absolute Gasteiger partial charge is 0.265 e. The van der Waals surface area contributed by atoms with E-state index in [4.69, 9.17) is 4.74 Å². The van der Waals surface area contributed by atoms with Crippen molar-refractivity contribution in [2.45, 2.75) is 26.7 Å². The molecule has 1 N–H and O–H groups in total. The van der Waals surface area contributed by atoms with E-state index in [0.29, 0.717) is 24.5 Å². The largest absolute Gasteiger partial charge is 0.508 e. The van der Waals surface area contributed by atoms with Crippen LogP contribution in [0.25, 0.3) is 0 Å². The van der Waals surface area contributed by atoms with E-state index in [1.54, 1.807) is 11.0 Å². The highest BCUT2D eigenvalue weighted by Gasteiger charge is 2.29. The minimum atomic E-state index is -0.278. The Morgan fingerprint density at radius 3 is 2.64 bits per heavy atom. The Balaban J connectivity index is 2.19. The Morgan fingerprint density at radius 2 is 2.00 bits per heavy atom. The van der Waals surface area contributed by atoms with Crippen LogP contribution < -0.4 is 9.64 Å². The van der Waals surface area contributed by atoms with Crippen LogP contribution in [0.1, 0.15) is 26.7 Å². The quantitative estimate of drug-likeness (QED) is 0.869. The number of benzene rings is 1. The summed E-state index contributed by atoms with van der Waals surface area (Å²) >= 11 is 0. The fourth-order valence-electron chi connectivity index (χ4n) is 2.50. The van der Waals surface area contributed by atoms with Gasteiger partial charge in [-0.05, 0) is 25.0 Å². The van der Waals surface area contributed by atoms with Crippen molar-refractivity contribution >= 4 is 17.5 Å². The molecular formula is C16H22N2O4. The maximum Gasteiger partial charge on any atom is 0.265 e. The van der Waals surface area contributed by atoms with Gasteiger partial charge in [-0.25, -0.2) is 0 Å². The van der Waals surface area contributed by atoms with Crippen molar-refractivity contribution in [3.63, 3.8) is 0 Å². The van der Waals surface area contributed by atoms with Gasteiger partial charge in [0.15, 0.2) is 6.61 Å². The first-order valence-electron chi connectivity index (χ1n) is 7.60. The highest BCUT2D eigenvalue weighted by molar-refractivity contribution is 6.02. The van der Waals surface area contributed by atoms with Gasteiger partial charge in [0.1, 0.15) is 18.0 Å². The Morgan fingerprint density at radius 1 is 1.32 bits per heavy atom. The van der Waals surface area contributed by atoms with Crippen LogP contribution in [0.15, 0.2) is 18.2 Å². The number of nitrogens with zero attached hydrogens (tertiary/aromatic N) is 2. The Bertz CT molecular complexity index is 553. The van der Waals surface area contributed by atoms with Crippen LogP contribution in [-0.4, -0.2) is 48.1 Å². The number of carbonyl (C=O) groups is 2. The molecule has 120 valence electrons. The predicted molar refractivity (Wildman–Crippen MR) is 83.1 cm³/mol. The van der Waals surface area contributed by atoms with E-state index in [2.05, 4.69) is 0 Å². The number of ether oxygens (including phenoxy) is 1. The third-order valence-electron chi connectivity index (χ3n) is 3.52. The van der Waals surface area contributed by atoms with Crippen LogP contribution in [0.2, 0.25) is 0 Å². The summed E-state index contributed by atoms with van der Waals surface area (Å²) in [5.41, 5.74) is 0.442. The number of phenols is 1. The lowest BCUT2D eigenvalue weighted by Crippen LogP contribution is -2.46. The summed E-state index contributed by atoms with van der Waals surface area (Å²) in [5.74, 6) is 0.170. The molecule has 0 saturated carbocycles. The highest BCUT2D eigenvalue weighted by Crippen LogP contribution is 2.34. The number of hydrogen-bond donors (Lipinski definition) is 1. The van der Waals surface area contributed by atoms with Crippen LogP contribution >= 0.6 is 0 Å². The number of aromatic hydroxyl groups is 1. The molecule has 1 aromatic carbocycles. The van der Waals surface area contributed by atoms with E-state index in [9.17, 15) is 14.7 Å². The molecule has 1 heterocycles. The minimum absolute atomic E-state index is 0.0291. The molecule has 0 aliphatic carbocycles. The zero-order valence-corrected chi connectivity index (χ0v) is 13.0. The Kier molecular flexibility index (Phi) is 5.25. The number of rotatable bonds is 6. The van der Waals surface area contributed by atoms with E-state index in [1.807, 2.05) is 13.8 Å². The molecule has 1 aliphatic rings. The van der Waals surface area contributed by atoms with Crippen LogP contribution in [-0.2, 0) is 9.59 Å². The first-order chi connectivity index (χ1) is 10.6. The second kappa shape index (κ2) is 7.15. The number of anilines is 1. The topological polar surface area (TPSA) is 70.1 Å². The van der Waals surface area contributed by atoms with Crippen LogP contribution in [0.5, 0.6) is 11.5 Å². The molecule has 0 aromatic heterocycles. The third-order valence-corrected chi connectivity index (χ3v) is 3.52. The third kappa shape index (κ3) is 3.50. The summed E-state index contributed by atoms with van der Waals surface area (Å²) in [4.78, 5) is 27.7. The van der Waals surface area contributed by atoms with Crippen molar-refractivity contribution in [3.8, 4) is 11.5 Å². The van der Waals surface area contributed by atoms with Crippen LogP contribution in [0.4, 0.5) is 5.69 Å². The number of amides is 2. The van der Waals surface area contributed by atoms with Gasteiger partial charge in [-0.15, -0.1) is 0 Å². The lowest BCUT2D eigenvalue weighted by atomic mass is 10.2. The second-order valence-corrected chi connectivity index (χ2v) is 5.30. The van der Waals surface area contributed by atoms with Crippen LogP contribution in [0, 0.1) is 0 Å². The van der Waals surface area contributed by atoms with Gasteiger partial charge in [-0.3, -0.25) is 14.5 Å². The number of hydrogen-bond acceptors (Lipinski definition) is 4. The molecule has 1 aromatic rings. The van der Waals surface area contributed by atoms with Gasteiger partial charge >= 0.3 is 0 Å². The van der Waals surface area contributed by atoms with Gasteiger partial charge in [0.2, 0.25) is 5.91 Å². The molecular weight excluding hydrogens is 284 g/mol. The van der Waals surface area contributed by atoms with Crippen molar-refractivity contribution < 1.29 is 19.4 Å². The Labute approximate surface area is 130 Å². The molecule has 1 aliphatic heterocycles. The van der Waals surface area contributed by atoms with E-state index >= 15 is 0 Å². The molecule has 0 saturated heterocycles.